The molecule has 0 spiro atoms. The van der Waals surface area contributed by atoms with E-state index < -0.39 is 0 Å². The average molecular weight is 859 g/mol. The van der Waals surface area contributed by atoms with Crippen LogP contribution in [-0.4, -0.2) is 104 Å². The predicted octanol–water partition coefficient (Wildman–Crippen LogP) is 6.45. The molecule has 340 valence electrons. The molecule has 0 saturated heterocycles. The molecule has 4 aromatic rings. The molecule has 0 aliphatic heterocycles. The summed E-state index contributed by atoms with van der Waals surface area (Å²) < 4.78 is 50.0. The Bertz CT molecular complexity index is 1750. The molecule has 1 aliphatic rings. The minimum atomic E-state index is -0.140. The summed E-state index contributed by atoms with van der Waals surface area (Å²) in [6.45, 7) is 14.4. The number of hydrogen-bond acceptors (Lipinski definition) is 12. The van der Waals surface area contributed by atoms with E-state index in [0.717, 1.165) is 89.8 Å². The van der Waals surface area contributed by atoms with E-state index in [4.69, 9.17) is 37.9 Å². The topological polar surface area (TPSA) is 138 Å². The molecule has 0 amide bonds. The SMILES string of the molecule is CCOCCOc1c2cc(CO)cc1Cc1cc(CNC)cc(c1OCCOCC)Cc1cc(CO)cc(c1OCCOCC)Cc1cc(CNC)cc(c1OCCOCC)C2. The van der Waals surface area contributed by atoms with Crippen LogP contribution in [0.4, 0.5) is 0 Å². The predicted molar refractivity (Wildman–Crippen MR) is 242 cm³/mol. The van der Waals surface area contributed by atoms with Gasteiger partial charge in [0, 0.05) is 65.2 Å². The van der Waals surface area contributed by atoms with Crippen LogP contribution in [0.5, 0.6) is 23.0 Å². The third-order valence-electron chi connectivity index (χ3n) is 10.6. The number of rotatable bonds is 26. The van der Waals surface area contributed by atoms with E-state index in [9.17, 15) is 10.2 Å². The summed E-state index contributed by atoms with van der Waals surface area (Å²) >= 11 is 0. The molecule has 1 aliphatic carbocycles. The molecule has 0 heterocycles. The van der Waals surface area contributed by atoms with Gasteiger partial charge in [0.25, 0.3) is 0 Å². The van der Waals surface area contributed by atoms with E-state index in [1.54, 1.807) is 0 Å². The standard InChI is InChI=1S/C50H70N2O10/c1-7-55-11-15-59-47-39-19-35(31-51-5)20-40(47)28-44-24-38(34-54)26-46(50(44)62-18-14-58-10-4)30-42-22-36(32-52-6)21-41(48(42)60-16-12-56-8-2)29-45-25-37(33-53)23-43(27-39)49(45)61-17-13-57-9-3/h19-26,51-54H,7-18,27-34H2,1-6H3. The van der Waals surface area contributed by atoms with E-state index in [2.05, 4.69) is 34.9 Å². The van der Waals surface area contributed by atoms with Crippen molar-refractivity contribution in [2.24, 2.45) is 0 Å². The molecule has 4 N–H and O–H groups in total. The molecule has 8 bridgehead atoms. The van der Waals surface area contributed by atoms with Crippen molar-refractivity contribution in [1.82, 2.24) is 10.6 Å². The Morgan fingerprint density at radius 1 is 0.371 bits per heavy atom. The van der Waals surface area contributed by atoms with Gasteiger partial charge in [0.2, 0.25) is 0 Å². The molecule has 12 nitrogen and oxygen atoms in total. The van der Waals surface area contributed by atoms with Gasteiger partial charge in [0.1, 0.15) is 49.4 Å². The normalized spacial score (nSPS) is 12.4. The van der Waals surface area contributed by atoms with Gasteiger partial charge in [0.05, 0.1) is 39.6 Å². The van der Waals surface area contributed by atoms with Gasteiger partial charge in [-0.15, -0.1) is 0 Å². The summed E-state index contributed by atoms with van der Waals surface area (Å²) in [7, 11) is 3.89. The van der Waals surface area contributed by atoms with Crippen molar-refractivity contribution >= 4 is 0 Å². The molecule has 4 aromatic carbocycles. The summed E-state index contributed by atoms with van der Waals surface area (Å²) in [6, 6.07) is 17.0. The zero-order chi connectivity index (χ0) is 44.1. The second kappa shape index (κ2) is 26.4. The first-order valence-corrected chi connectivity index (χ1v) is 22.3. The second-order valence-electron chi connectivity index (χ2n) is 15.2. The lowest BCUT2D eigenvalue weighted by Gasteiger charge is -2.25. The van der Waals surface area contributed by atoms with E-state index in [1.807, 2.05) is 66.1 Å². The summed E-state index contributed by atoms with van der Waals surface area (Å²) in [6.07, 6.45) is 1.84. The molecule has 0 saturated carbocycles. The Labute approximate surface area is 369 Å². The van der Waals surface area contributed by atoms with Crippen molar-refractivity contribution in [2.45, 2.75) is 79.7 Å². The minimum absolute atomic E-state index is 0.140. The van der Waals surface area contributed by atoms with Crippen LogP contribution in [0.3, 0.4) is 0 Å². The molecule has 0 atom stereocenters. The lowest BCUT2D eigenvalue weighted by atomic mass is 9.88. The van der Waals surface area contributed by atoms with Gasteiger partial charge in [-0.3, -0.25) is 0 Å². The highest BCUT2D eigenvalue weighted by atomic mass is 16.5. The number of fused-ring (bicyclic) bond motifs is 8. The molecular weight excluding hydrogens is 789 g/mol. The summed E-state index contributed by atoms with van der Waals surface area (Å²) in [4.78, 5) is 0. The maximum atomic E-state index is 10.8. The van der Waals surface area contributed by atoms with Crippen LogP contribution >= 0.6 is 0 Å². The van der Waals surface area contributed by atoms with Gasteiger partial charge < -0.3 is 58.7 Å². The number of hydrogen-bond donors (Lipinski definition) is 4. The number of ether oxygens (including phenoxy) is 8. The average Bonchev–Trinajstić information content (AvgIpc) is 3.26. The quantitative estimate of drug-likeness (QED) is 0.0455. The number of benzene rings is 4. The van der Waals surface area contributed by atoms with Crippen LogP contribution in [0.25, 0.3) is 0 Å². The summed E-state index contributed by atoms with van der Waals surface area (Å²) in [5.74, 6) is 3.02. The molecule has 5 rings (SSSR count). The van der Waals surface area contributed by atoms with Crippen LogP contribution in [0, 0.1) is 0 Å². The van der Waals surface area contributed by atoms with Crippen LogP contribution in [-0.2, 0) is 70.9 Å². The first-order chi connectivity index (χ1) is 30.4. The third-order valence-corrected chi connectivity index (χ3v) is 10.6. The van der Waals surface area contributed by atoms with Gasteiger partial charge in [0.15, 0.2) is 0 Å². The number of aliphatic hydroxyl groups excluding tert-OH is 2. The Kier molecular flexibility index (Phi) is 20.8. The Balaban J connectivity index is 1.86. The molecular formula is C50H70N2O10. The fraction of sp³-hybridized carbons (Fsp3) is 0.520. The Hall–Kier alpha value is -4.24. The summed E-state index contributed by atoms with van der Waals surface area (Å²) in [5, 5.41) is 28.2. The fourth-order valence-electron chi connectivity index (χ4n) is 8.10. The molecule has 0 unspecified atom stereocenters. The monoisotopic (exact) mass is 859 g/mol. The van der Waals surface area contributed by atoms with Crippen molar-refractivity contribution in [1.29, 1.82) is 0 Å². The molecule has 0 aromatic heterocycles. The van der Waals surface area contributed by atoms with Crippen LogP contribution in [0.1, 0.15) is 94.5 Å². The molecule has 0 radical (unpaired) electrons. The molecule has 12 heteroatoms. The third kappa shape index (κ3) is 13.9. The first-order valence-electron chi connectivity index (χ1n) is 22.3. The van der Waals surface area contributed by atoms with E-state index >= 15 is 0 Å². The lowest BCUT2D eigenvalue weighted by Crippen LogP contribution is -2.15. The smallest absolute Gasteiger partial charge is 0.126 e. The van der Waals surface area contributed by atoms with Crippen molar-refractivity contribution in [2.75, 3.05) is 93.4 Å². The Morgan fingerprint density at radius 2 is 0.597 bits per heavy atom. The van der Waals surface area contributed by atoms with E-state index in [0.29, 0.717) is 118 Å². The van der Waals surface area contributed by atoms with Crippen LogP contribution < -0.4 is 29.6 Å². The van der Waals surface area contributed by atoms with E-state index in [1.165, 1.54) is 0 Å². The zero-order valence-electron chi connectivity index (χ0n) is 37.9. The lowest BCUT2D eigenvalue weighted by molar-refractivity contribution is 0.108. The van der Waals surface area contributed by atoms with Crippen molar-refractivity contribution in [3.05, 3.63) is 115 Å². The van der Waals surface area contributed by atoms with Gasteiger partial charge in [-0.2, -0.15) is 0 Å². The van der Waals surface area contributed by atoms with Gasteiger partial charge in [-0.25, -0.2) is 0 Å². The molecule has 62 heavy (non-hydrogen) atoms. The molecule has 0 fully saturated rings. The highest BCUT2D eigenvalue weighted by molar-refractivity contribution is 5.58. The first kappa shape index (κ1) is 48.8. The van der Waals surface area contributed by atoms with Crippen molar-refractivity contribution in [3.63, 3.8) is 0 Å². The highest BCUT2D eigenvalue weighted by Crippen LogP contribution is 2.41. The number of aliphatic hydroxyl groups is 2. The van der Waals surface area contributed by atoms with Crippen molar-refractivity contribution < 1.29 is 48.1 Å². The maximum absolute atomic E-state index is 10.8. The van der Waals surface area contributed by atoms with E-state index in [-0.39, 0.29) is 13.2 Å². The van der Waals surface area contributed by atoms with Crippen LogP contribution in [0.15, 0.2) is 48.5 Å². The minimum Gasteiger partial charge on any atom is -0.491 e. The fourth-order valence-corrected chi connectivity index (χ4v) is 8.10. The van der Waals surface area contributed by atoms with Crippen LogP contribution in [0.2, 0.25) is 0 Å². The highest BCUT2D eigenvalue weighted by Gasteiger charge is 2.25. The van der Waals surface area contributed by atoms with Gasteiger partial charge in [-0.1, -0.05) is 24.3 Å². The second-order valence-corrected chi connectivity index (χ2v) is 15.2. The van der Waals surface area contributed by atoms with Crippen molar-refractivity contribution in [3.8, 4) is 23.0 Å². The number of nitrogens with one attached hydrogen (secondary N) is 2. The zero-order valence-corrected chi connectivity index (χ0v) is 37.9. The van der Waals surface area contributed by atoms with Gasteiger partial charge >= 0.3 is 0 Å². The van der Waals surface area contributed by atoms with Gasteiger partial charge in [-0.05, 0) is 133 Å². The Morgan fingerprint density at radius 3 is 0.790 bits per heavy atom. The largest absolute Gasteiger partial charge is 0.491 e. The summed E-state index contributed by atoms with van der Waals surface area (Å²) in [5.41, 5.74) is 11.3. The maximum Gasteiger partial charge on any atom is 0.126 e.